The molecule has 1 fully saturated rings. The van der Waals surface area contributed by atoms with E-state index in [1.165, 1.54) is 0 Å². The van der Waals surface area contributed by atoms with E-state index < -0.39 is 5.97 Å². The van der Waals surface area contributed by atoms with Crippen LogP contribution in [0.1, 0.15) is 12.8 Å². The van der Waals surface area contributed by atoms with Crippen molar-refractivity contribution < 1.29 is 19.4 Å². The average molecular weight is 273 g/mol. The van der Waals surface area contributed by atoms with E-state index in [0.29, 0.717) is 32.6 Å². The minimum Gasteiger partial charge on any atom is -0.481 e. The van der Waals surface area contributed by atoms with Crippen molar-refractivity contribution in [3.8, 4) is 0 Å². The zero-order valence-electron chi connectivity index (χ0n) is 11.4. The zero-order valence-corrected chi connectivity index (χ0v) is 11.4. The van der Waals surface area contributed by atoms with Crippen LogP contribution in [0.25, 0.3) is 0 Å². The van der Waals surface area contributed by atoms with Gasteiger partial charge in [0.05, 0.1) is 18.9 Å². The maximum atomic E-state index is 12.0. The molecule has 0 aliphatic carbocycles. The van der Waals surface area contributed by atoms with Crippen LogP contribution in [0.4, 0.5) is 0 Å². The van der Waals surface area contributed by atoms with Gasteiger partial charge in [-0.05, 0) is 0 Å². The van der Waals surface area contributed by atoms with Crippen LogP contribution in [-0.2, 0) is 14.3 Å². The number of methoxy groups -OCH3 is 1. The number of hydrogen-bond acceptors (Lipinski definition) is 5. The molecule has 1 saturated heterocycles. The quantitative estimate of drug-likeness (QED) is 0.615. The molecule has 1 rings (SSSR count). The fourth-order valence-corrected chi connectivity index (χ4v) is 2.06. The summed E-state index contributed by atoms with van der Waals surface area (Å²) >= 11 is 0. The Kier molecular flexibility index (Phi) is 6.75. The number of carbonyl (C=O) groups excluding carboxylic acids is 1. The third-order valence-corrected chi connectivity index (χ3v) is 3.37. The molecule has 0 saturated carbocycles. The van der Waals surface area contributed by atoms with Crippen LogP contribution < -0.4 is 5.73 Å². The molecule has 0 radical (unpaired) electrons. The molecule has 1 heterocycles. The summed E-state index contributed by atoms with van der Waals surface area (Å²) < 4.78 is 5.10. The Labute approximate surface area is 113 Å². The van der Waals surface area contributed by atoms with E-state index >= 15 is 0 Å². The topological polar surface area (TPSA) is 96.1 Å². The molecule has 1 amide bonds. The zero-order chi connectivity index (χ0) is 14.3. The summed E-state index contributed by atoms with van der Waals surface area (Å²) in [5.74, 6) is -0.737. The fraction of sp³-hybridized carbons (Fsp3) is 0.833. The lowest BCUT2D eigenvalue weighted by Gasteiger charge is -2.35. The van der Waals surface area contributed by atoms with Crippen LogP contribution in [0.2, 0.25) is 0 Å². The molecular weight excluding hydrogens is 250 g/mol. The van der Waals surface area contributed by atoms with Crippen molar-refractivity contribution >= 4 is 11.9 Å². The molecule has 1 atom stereocenters. The van der Waals surface area contributed by atoms with E-state index in [1.807, 2.05) is 0 Å². The number of hydrogen-bond donors (Lipinski definition) is 2. The van der Waals surface area contributed by atoms with Crippen molar-refractivity contribution in [3.05, 3.63) is 0 Å². The molecule has 0 aromatic rings. The highest BCUT2D eigenvalue weighted by atomic mass is 16.5. The number of nitrogens with zero attached hydrogens (tertiary/aromatic N) is 2. The average Bonchev–Trinajstić information content (AvgIpc) is 2.42. The smallest absolute Gasteiger partial charge is 0.304 e. The number of nitrogens with two attached hydrogens (primary N) is 1. The Morgan fingerprint density at radius 3 is 2.42 bits per heavy atom. The van der Waals surface area contributed by atoms with Crippen molar-refractivity contribution in [1.82, 2.24) is 9.80 Å². The largest absolute Gasteiger partial charge is 0.481 e. The predicted octanol–water partition coefficient (Wildman–Crippen LogP) is -1.03. The van der Waals surface area contributed by atoms with Crippen molar-refractivity contribution in [2.75, 3.05) is 46.4 Å². The molecule has 0 spiro atoms. The van der Waals surface area contributed by atoms with Crippen LogP contribution in [0.15, 0.2) is 0 Å². The van der Waals surface area contributed by atoms with E-state index in [1.54, 1.807) is 12.0 Å². The van der Waals surface area contributed by atoms with Crippen molar-refractivity contribution in [2.45, 2.75) is 18.9 Å². The Hall–Kier alpha value is -1.18. The van der Waals surface area contributed by atoms with Gasteiger partial charge < -0.3 is 20.5 Å². The number of rotatable bonds is 7. The number of carboxylic acids is 1. The summed E-state index contributed by atoms with van der Waals surface area (Å²) in [5, 5.41) is 8.62. The maximum absolute atomic E-state index is 12.0. The maximum Gasteiger partial charge on any atom is 0.304 e. The predicted molar refractivity (Wildman–Crippen MR) is 69.7 cm³/mol. The second-order valence-corrected chi connectivity index (χ2v) is 4.66. The molecule has 1 unspecified atom stereocenters. The molecule has 0 aromatic carbocycles. The van der Waals surface area contributed by atoms with Gasteiger partial charge in [-0.3, -0.25) is 14.5 Å². The monoisotopic (exact) mass is 273 g/mol. The highest BCUT2D eigenvalue weighted by Crippen LogP contribution is 2.07. The van der Waals surface area contributed by atoms with Gasteiger partial charge in [0.1, 0.15) is 0 Å². The number of piperazine rings is 1. The third kappa shape index (κ3) is 5.54. The Balaban J connectivity index is 2.28. The second-order valence-electron chi connectivity index (χ2n) is 4.66. The van der Waals surface area contributed by atoms with Gasteiger partial charge in [0.15, 0.2) is 0 Å². The number of amides is 1. The van der Waals surface area contributed by atoms with E-state index in [4.69, 9.17) is 15.6 Å². The minimum absolute atomic E-state index is 0.0511. The third-order valence-electron chi connectivity index (χ3n) is 3.37. The van der Waals surface area contributed by atoms with Crippen LogP contribution >= 0.6 is 0 Å². The summed E-state index contributed by atoms with van der Waals surface area (Å²) in [4.78, 5) is 26.3. The molecule has 110 valence electrons. The number of ether oxygens (including phenoxy) is 1. The molecule has 1 aliphatic rings. The first kappa shape index (κ1) is 15.9. The first-order valence-corrected chi connectivity index (χ1v) is 6.51. The van der Waals surface area contributed by atoms with Crippen LogP contribution in [0, 0.1) is 0 Å². The lowest BCUT2D eigenvalue weighted by atomic mass is 10.2. The Bertz CT molecular complexity index is 299. The first-order valence-electron chi connectivity index (χ1n) is 6.51. The highest BCUT2D eigenvalue weighted by Gasteiger charge is 2.23. The molecular formula is C12H23N3O4. The fourth-order valence-electron chi connectivity index (χ4n) is 2.06. The molecule has 0 bridgehead atoms. The molecule has 7 heteroatoms. The lowest BCUT2D eigenvalue weighted by Crippen LogP contribution is -2.49. The minimum atomic E-state index is -0.788. The van der Waals surface area contributed by atoms with Crippen LogP contribution in [0.3, 0.4) is 0 Å². The molecule has 0 aromatic heterocycles. The first-order chi connectivity index (χ1) is 9.06. The van der Waals surface area contributed by atoms with E-state index in [-0.39, 0.29) is 18.4 Å². The summed E-state index contributed by atoms with van der Waals surface area (Å²) in [6.45, 7) is 3.60. The molecule has 1 aliphatic heterocycles. The van der Waals surface area contributed by atoms with Gasteiger partial charge in [-0.25, -0.2) is 0 Å². The SMILES string of the molecule is COC(CN)CC(=O)N1CCN(CCC(=O)O)CC1. The van der Waals surface area contributed by atoms with E-state index in [2.05, 4.69) is 4.90 Å². The normalized spacial score (nSPS) is 18.3. The lowest BCUT2D eigenvalue weighted by molar-refractivity contribution is -0.139. The van der Waals surface area contributed by atoms with Gasteiger partial charge in [-0.1, -0.05) is 0 Å². The Morgan fingerprint density at radius 1 is 1.32 bits per heavy atom. The molecule has 7 nitrogen and oxygen atoms in total. The summed E-state index contributed by atoms with van der Waals surface area (Å²) in [6, 6.07) is 0. The van der Waals surface area contributed by atoms with Gasteiger partial charge in [0, 0.05) is 46.4 Å². The highest BCUT2D eigenvalue weighted by molar-refractivity contribution is 5.76. The van der Waals surface area contributed by atoms with E-state index in [0.717, 1.165) is 13.1 Å². The van der Waals surface area contributed by atoms with Gasteiger partial charge in [0.25, 0.3) is 0 Å². The van der Waals surface area contributed by atoms with Gasteiger partial charge in [-0.15, -0.1) is 0 Å². The van der Waals surface area contributed by atoms with Gasteiger partial charge >= 0.3 is 5.97 Å². The van der Waals surface area contributed by atoms with Crippen molar-refractivity contribution in [3.63, 3.8) is 0 Å². The second kappa shape index (κ2) is 8.08. The Morgan fingerprint density at radius 2 is 1.95 bits per heavy atom. The molecule has 3 N–H and O–H groups in total. The summed E-state index contributed by atoms with van der Waals surface area (Å²) in [7, 11) is 1.55. The van der Waals surface area contributed by atoms with Crippen molar-refractivity contribution in [2.24, 2.45) is 5.73 Å². The number of carboxylic acid groups (broad SMARTS) is 1. The van der Waals surface area contributed by atoms with Gasteiger partial charge in [0.2, 0.25) is 5.91 Å². The number of aliphatic carboxylic acids is 1. The van der Waals surface area contributed by atoms with Crippen LogP contribution in [-0.4, -0.2) is 79.3 Å². The number of carbonyl (C=O) groups is 2. The summed E-state index contributed by atoms with van der Waals surface area (Å²) in [6.07, 6.45) is 0.229. The standard InChI is InChI=1S/C12H23N3O4/c1-19-10(9-13)8-11(16)15-6-4-14(5-7-15)3-2-12(17)18/h10H,2-9,13H2,1H3,(H,17,18). The summed E-state index contributed by atoms with van der Waals surface area (Å²) in [5.41, 5.74) is 5.49. The van der Waals surface area contributed by atoms with E-state index in [9.17, 15) is 9.59 Å². The van der Waals surface area contributed by atoms with Crippen molar-refractivity contribution in [1.29, 1.82) is 0 Å². The molecule has 19 heavy (non-hydrogen) atoms. The van der Waals surface area contributed by atoms with Crippen LogP contribution in [0.5, 0.6) is 0 Å². The van der Waals surface area contributed by atoms with Gasteiger partial charge in [-0.2, -0.15) is 0 Å².